The molecular formula is C21H24N2O4S. The van der Waals surface area contributed by atoms with E-state index in [1.54, 1.807) is 24.3 Å². The van der Waals surface area contributed by atoms with Crippen molar-refractivity contribution in [1.82, 2.24) is 0 Å². The molecule has 2 amide bonds. The van der Waals surface area contributed by atoms with Crippen molar-refractivity contribution in [1.29, 1.82) is 0 Å². The highest BCUT2D eigenvalue weighted by molar-refractivity contribution is 8.00. The highest BCUT2D eigenvalue weighted by Gasteiger charge is 2.18. The highest BCUT2D eigenvalue weighted by Crippen LogP contribution is 2.23. The summed E-state index contributed by atoms with van der Waals surface area (Å²) in [6.45, 7) is 6.96. The number of rotatable bonds is 7. The van der Waals surface area contributed by atoms with E-state index in [9.17, 15) is 14.4 Å². The van der Waals surface area contributed by atoms with Crippen LogP contribution >= 0.6 is 11.8 Å². The van der Waals surface area contributed by atoms with Crippen LogP contribution in [-0.2, 0) is 19.1 Å². The number of benzene rings is 2. The van der Waals surface area contributed by atoms with Gasteiger partial charge in [-0.1, -0.05) is 17.7 Å². The van der Waals surface area contributed by atoms with Gasteiger partial charge in [0.15, 0.2) is 6.10 Å². The minimum atomic E-state index is -0.915. The summed E-state index contributed by atoms with van der Waals surface area (Å²) in [7, 11) is 0. The van der Waals surface area contributed by atoms with Crippen molar-refractivity contribution in [2.24, 2.45) is 0 Å². The van der Waals surface area contributed by atoms with E-state index >= 15 is 0 Å². The minimum absolute atomic E-state index is 0.132. The van der Waals surface area contributed by atoms with Crippen molar-refractivity contribution in [3.05, 3.63) is 53.6 Å². The zero-order valence-corrected chi connectivity index (χ0v) is 17.2. The molecule has 7 heteroatoms. The van der Waals surface area contributed by atoms with Gasteiger partial charge in [-0.25, -0.2) is 0 Å². The molecule has 28 heavy (non-hydrogen) atoms. The summed E-state index contributed by atoms with van der Waals surface area (Å²) in [5, 5.41) is 5.33. The average Bonchev–Trinajstić information content (AvgIpc) is 2.62. The lowest BCUT2D eigenvalue weighted by Gasteiger charge is -2.14. The molecule has 0 radical (unpaired) electrons. The van der Waals surface area contributed by atoms with Crippen molar-refractivity contribution in [2.75, 3.05) is 16.4 Å². The highest BCUT2D eigenvalue weighted by atomic mass is 32.2. The monoisotopic (exact) mass is 400 g/mol. The predicted molar refractivity (Wildman–Crippen MR) is 112 cm³/mol. The van der Waals surface area contributed by atoms with Crippen LogP contribution < -0.4 is 10.6 Å². The van der Waals surface area contributed by atoms with Crippen LogP contribution in [-0.4, -0.2) is 29.6 Å². The molecule has 0 saturated carbocycles. The fourth-order valence-corrected chi connectivity index (χ4v) is 3.26. The number of esters is 1. The van der Waals surface area contributed by atoms with E-state index in [4.69, 9.17) is 4.74 Å². The van der Waals surface area contributed by atoms with Gasteiger partial charge in [-0.05, 0) is 56.7 Å². The topological polar surface area (TPSA) is 84.5 Å². The van der Waals surface area contributed by atoms with E-state index in [2.05, 4.69) is 16.7 Å². The maximum absolute atomic E-state index is 12.2. The van der Waals surface area contributed by atoms with Gasteiger partial charge >= 0.3 is 5.97 Å². The Hall–Kier alpha value is -2.80. The summed E-state index contributed by atoms with van der Waals surface area (Å²) in [6, 6.07) is 12.7. The molecule has 0 aromatic heterocycles. The van der Waals surface area contributed by atoms with Crippen LogP contribution in [0, 0.1) is 13.8 Å². The molecule has 1 atom stereocenters. The number of anilines is 2. The van der Waals surface area contributed by atoms with Crippen molar-refractivity contribution < 1.29 is 19.1 Å². The summed E-state index contributed by atoms with van der Waals surface area (Å²) in [6.07, 6.45) is -0.915. The number of hydrogen-bond acceptors (Lipinski definition) is 5. The summed E-state index contributed by atoms with van der Waals surface area (Å²) < 4.78 is 5.22. The fraction of sp³-hybridized carbons (Fsp3) is 0.286. The second-order valence-corrected chi connectivity index (χ2v) is 7.45. The first-order valence-electron chi connectivity index (χ1n) is 8.82. The normalized spacial score (nSPS) is 11.4. The molecule has 6 nitrogen and oxygen atoms in total. The van der Waals surface area contributed by atoms with Crippen LogP contribution in [0.5, 0.6) is 0 Å². The average molecular weight is 401 g/mol. The van der Waals surface area contributed by atoms with Crippen molar-refractivity contribution in [3.63, 3.8) is 0 Å². The van der Waals surface area contributed by atoms with Gasteiger partial charge in [0, 0.05) is 23.2 Å². The molecular weight excluding hydrogens is 376 g/mol. The molecule has 2 aromatic carbocycles. The first-order valence-corrected chi connectivity index (χ1v) is 9.81. The van der Waals surface area contributed by atoms with Gasteiger partial charge in [-0.15, -0.1) is 11.8 Å². The van der Waals surface area contributed by atoms with Crippen LogP contribution in [0.2, 0.25) is 0 Å². The van der Waals surface area contributed by atoms with Crippen LogP contribution in [0.15, 0.2) is 47.4 Å². The van der Waals surface area contributed by atoms with Crippen LogP contribution in [0.3, 0.4) is 0 Å². The van der Waals surface area contributed by atoms with E-state index < -0.39 is 18.0 Å². The van der Waals surface area contributed by atoms with E-state index in [-0.39, 0.29) is 11.7 Å². The van der Waals surface area contributed by atoms with Crippen molar-refractivity contribution in [2.45, 2.75) is 38.7 Å². The molecule has 2 rings (SSSR count). The Morgan fingerprint density at radius 3 is 2.18 bits per heavy atom. The number of ether oxygens (including phenoxy) is 1. The summed E-state index contributed by atoms with van der Waals surface area (Å²) >= 11 is 1.39. The van der Waals surface area contributed by atoms with E-state index in [0.29, 0.717) is 11.4 Å². The second kappa shape index (κ2) is 9.94. The van der Waals surface area contributed by atoms with Crippen LogP contribution in [0.4, 0.5) is 11.4 Å². The fourth-order valence-electron chi connectivity index (χ4n) is 2.47. The van der Waals surface area contributed by atoms with Crippen molar-refractivity contribution >= 4 is 40.9 Å². The molecule has 0 aliphatic heterocycles. The Kier molecular flexibility index (Phi) is 7.63. The second-order valence-electron chi connectivity index (χ2n) is 6.44. The summed E-state index contributed by atoms with van der Waals surface area (Å²) in [4.78, 5) is 36.3. The first-order chi connectivity index (χ1) is 13.2. The molecule has 0 unspecified atom stereocenters. The molecule has 0 bridgehead atoms. The standard InChI is InChI=1S/C21H24N2O4S/c1-13-5-10-19(14(2)11-13)28-12-20(25)27-15(3)21(26)23-18-8-6-17(7-9-18)22-16(4)24/h5-11,15H,12H2,1-4H3,(H,22,24)(H,23,26)/t15-/m1/s1. The Morgan fingerprint density at radius 1 is 1.00 bits per heavy atom. The number of hydrogen-bond donors (Lipinski definition) is 2. The smallest absolute Gasteiger partial charge is 0.317 e. The number of aryl methyl sites for hydroxylation is 2. The van der Waals surface area contributed by atoms with Gasteiger partial charge in [0.1, 0.15) is 0 Å². The number of nitrogens with one attached hydrogen (secondary N) is 2. The molecule has 2 aromatic rings. The van der Waals surface area contributed by atoms with E-state index in [1.807, 2.05) is 26.0 Å². The molecule has 0 fully saturated rings. The molecule has 2 N–H and O–H groups in total. The SMILES string of the molecule is CC(=O)Nc1ccc(NC(=O)[C@@H](C)OC(=O)CSc2ccc(C)cc2C)cc1. The molecule has 0 aliphatic carbocycles. The molecule has 0 heterocycles. The largest absolute Gasteiger partial charge is 0.452 e. The molecule has 0 spiro atoms. The maximum atomic E-state index is 12.2. The van der Waals surface area contributed by atoms with Gasteiger partial charge in [0.05, 0.1) is 5.75 Å². The third kappa shape index (κ3) is 6.74. The zero-order valence-electron chi connectivity index (χ0n) is 16.4. The van der Waals surface area contributed by atoms with Gasteiger partial charge in [-0.2, -0.15) is 0 Å². The molecule has 148 valence electrons. The Morgan fingerprint density at radius 2 is 1.61 bits per heavy atom. The number of carbonyl (C=O) groups excluding carboxylic acids is 3. The van der Waals surface area contributed by atoms with Crippen molar-refractivity contribution in [3.8, 4) is 0 Å². The van der Waals surface area contributed by atoms with Gasteiger partial charge < -0.3 is 15.4 Å². The van der Waals surface area contributed by atoms with E-state index in [1.165, 1.54) is 31.2 Å². The predicted octanol–water partition coefficient (Wildman–Crippen LogP) is 3.92. The number of thioether (sulfide) groups is 1. The maximum Gasteiger partial charge on any atom is 0.317 e. The third-order valence-electron chi connectivity index (χ3n) is 3.83. The minimum Gasteiger partial charge on any atom is -0.452 e. The lowest BCUT2D eigenvalue weighted by atomic mass is 10.2. The van der Waals surface area contributed by atoms with Gasteiger partial charge in [-0.3, -0.25) is 14.4 Å². The summed E-state index contributed by atoms with van der Waals surface area (Å²) in [5.74, 6) is -0.908. The quantitative estimate of drug-likeness (QED) is 0.543. The number of carbonyl (C=O) groups is 3. The molecule has 0 saturated heterocycles. The number of amides is 2. The van der Waals surface area contributed by atoms with Crippen LogP contribution in [0.1, 0.15) is 25.0 Å². The Labute approximate surface area is 169 Å². The Bertz CT molecular complexity index is 865. The van der Waals surface area contributed by atoms with Gasteiger partial charge in [0.2, 0.25) is 5.91 Å². The summed E-state index contributed by atoms with van der Waals surface area (Å²) in [5.41, 5.74) is 3.45. The lowest BCUT2D eigenvalue weighted by Crippen LogP contribution is -2.30. The third-order valence-corrected chi connectivity index (χ3v) is 4.98. The Balaban J connectivity index is 1.82. The molecule has 0 aliphatic rings. The zero-order chi connectivity index (χ0) is 20.7. The van der Waals surface area contributed by atoms with E-state index in [0.717, 1.165) is 10.5 Å². The van der Waals surface area contributed by atoms with Gasteiger partial charge in [0.25, 0.3) is 5.91 Å². The van der Waals surface area contributed by atoms with Crippen LogP contribution in [0.25, 0.3) is 0 Å². The lowest BCUT2D eigenvalue weighted by molar-refractivity contribution is -0.150. The first kappa shape index (κ1) is 21.5.